The lowest BCUT2D eigenvalue weighted by atomic mass is 10.0. The number of nitrogens with one attached hydrogen (secondary N) is 1. The summed E-state index contributed by atoms with van der Waals surface area (Å²) in [5, 5.41) is 3.24. The van der Waals surface area contributed by atoms with E-state index in [1.807, 2.05) is 13.0 Å². The smallest absolute Gasteiger partial charge is 0.237 e. The Kier molecular flexibility index (Phi) is 4.63. The number of nitrogens with zero attached hydrogens (tertiary/aromatic N) is 2. The van der Waals surface area contributed by atoms with Crippen LogP contribution in [0.4, 0.5) is 4.39 Å². The summed E-state index contributed by atoms with van der Waals surface area (Å²) in [6.45, 7) is 4.39. The van der Waals surface area contributed by atoms with E-state index in [0.717, 1.165) is 0 Å². The molecule has 0 amide bonds. The molecule has 1 unspecified atom stereocenters. The molecule has 106 valence electrons. The highest BCUT2D eigenvalue weighted by atomic mass is 19.1. The molecule has 0 aliphatic carbocycles. The van der Waals surface area contributed by atoms with Crippen LogP contribution in [0.3, 0.4) is 0 Å². The van der Waals surface area contributed by atoms with Crippen LogP contribution < -0.4 is 10.1 Å². The number of hydrogen-bond acceptors (Lipinski definition) is 4. The highest BCUT2D eigenvalue weighted by Gasteiger charge is 2.23. The predicted octanol–water partition coefficient (Wildman–Crippen LogP) is 2.63. The minimum Gasteiger partial charge on any atom is -0.480 e. The molecular weight excluding hydrogens is 257 g/mol. The molecule has 1 aromatic heterocycles. The Morgan fingerprint density at radius 1 is 1.30 bits per heavy atom. The van der Waals surface area contributed by atoms with Crippen molar-refractivity contribution in [2.75, 3.05) is 13.7 Å². The van der Waals surface area contributed by atoms with Gasteiger partial charge in [0.15, 0.2) is 0 Å². The highest BCUT2D eigenvalue weighted by molar-refractivity contribution is 5.36. The van der Waals surface area contributed by atoms with Crippen LogP contribution in [0.15, 0.2) is 30.6 Å². The predicted molar refractivity (Wildman–Crippen MR) is 75.2 cm³/mol. The molecule has 0 radical (unpaired) electrons. The average Bonchev–Trinajstić information content (AvgIpc) is 2.48. The lowest BCUT2D eigenvalue weighted by molar-refractivity contribution is 0.382. The zero-order chi connectivity index (χ0) is 14.5. The Morgan fingerprint density at radius 2 is 2.05 bits per heavy atom. The number of aromatic nitrogens is 2. The van der Waals surface area contributed by atoms with E-state index in [1.54, 1.807) is 31.5 Å². The lowest BCUT2D eigenvalue weighted by Crippen LogP contribution is -2.25. The van der Waals surface area contributed by atoms with E-state index in [1.165, 1.54) is 7.11 Å². The molecule has 0 aliphatic heterocycles. The van der Waals surface area contributed by atoms with E-state index in [-0.39, 0.29) is 11.9 Å². The van der Waals surface area contributed by atoms with Crippen LogP contribution in [0.1, 0.15) is 29.8 Å². The molecule has 1 N–H and O–H groups in total. The van der Waals surface area contributed by atoms with Crippen molar-refractivity contribution in [3.05, 3.63) is 53.2 Å². The van der Waals surface area contributed by atoms with Crippen molar-refractivity contribution in [2.24, 2.45) is 0 Å². The van der Waals surface area contributed by atoms with Crippen molar-refractivity contribution in [1.82, 2.24) is 15.3 Å². The maximum atomic E-state index is 14.4. The van der Waals surface area contributed by atoms with Crippen molar-refractivity contribution in [3.8, 4) is 5.88 Å². The quantitative estimate of drug-likeness (QED) is 0.911. The Hall–Kier alpha value is -2.01. The van der Waals surface area contributed by atoms with Gasteiger partial charge in [-0.2, -0.15) is 0 Å². The van der Waals surface area contributed by atoms with Gasteiger partial charge in [0.2, 0.25) is 5.88 Å². The number of hydrogen-bond donors (Lipinski definition) is 1. The van der Waals surface area contributed by atoms with Crippen LogP contribution in [0.5, 0.6) is 5.88 Å². The normalized spacial score (nSPS) is 12.2. The van der Waals surface area contributed by atoms with Gasteiger partial charge in [0.1, 0.15) is 11.5 Å². The molecule has 1 atom stereocenters. The van der Waals surface area contributed by atoms with Crippen LogP contribution in [0.2, 0.25) is 0 Å². The molecule has 2 rings (SSSR count). The average molecular weight is 275 g/mol. The third-order valence-corrected chi connectivity index (χ3v) is 3.10. The van der Waals surface area contributed by atoms with E-state index in [9.17, 15) is 4.39 Å². The number of ether oxygens (including phenoxy) is 1. The summed E-state index contributed by atoms with van der Waals surface area (Å²) in [5.74, 6) is 0.172. The highest BCUT2D eigenvalue weighted by Crippen LogP contribution is 2.28. The third kappa shape index (κ3) is 2.77. The zero-order valence-corrected chi connectivity index (χ0v) is 11.9. The Labute approximate surface area is 118 Å². The Bertz CT molecular complexity index is 589. The van der Waals surface area contributed by atoms with Crippen molar-refractivity contribution in [1.29, 1.82) is 0 Å². The fourth-order valence-electron chi connectivity index (χ4n) is 2.14. The van der Waals surface area contributed by atoms with Gasteiger partial charge in [-0.3, -0.25) is 4.98 Å². The number of methoxy groups -OCH3 is 1. The number of rotatable bonds is 5. The van der Waals surface area contributed by atoms with E-state index < -0.39 is 0 Å². The molecule has 0 fully saturated rings. The van der Waals surface area contributed by atoms with Crippen molar-refractivity contribution in [2.45, 2.75) is 19.9 Å². The first-order chi connectivity index (χ1) is 9.69. The standard InChI is InChI=1S/C15H18FN3O/c1-4-17-13(11-7-5-6-10(2)12(11)16)14-15(20-3)19-9-8-18-14/h5-9,13,17H,4H2,1-3H3. The second-order valence-corrected chi connectivity index (χ2v) is 4.42. The lowest BCUT2D eigenvalue weighted by Gasteiger charge is -2.20. The molecule has 0 spiro atoms. The maximum absolute atomic E-state index is 14.4. The fraction of sp³-hybridized carbons (Fsp3) is 0.333. The fourth-order valence-corrected chi connectivity index (χ4v) is 2.14. The molecule has 0 saturated carbocycles. The van der Waals surface area contributed by atoms with Gasteiger partial charge in [-0.25, -0.2) is 9.37 Å². The minimum atomic E-state index is -0.386. The molecule has 5 heteroatoms. The van der Waals surface area contributed by atoms with Gasteiger partial charge in [-0.05, 0) is 19.0 Å². The minimum absolute atomic E-state index is 0.230. The molecule has 4 nitrogen and oxygen atoms in total. The first-order valence-corrected chi connectivity index (χ1v) is 6.52. The number of halogens is 1. The van der Waals surface area contributed by atoms with E-state index in [4.69, 9.17) is 4.74 Å². The molecule has 0 saturated heterocycles. The van der Waals surface area contributed by atoms with Crippen molar-refractivity contribution >= 4 is 0 Å². The summed E-state index contributed by atoms with van der Waals surface area (Å²) >= 11 is 0. The third-order valence-electron chi connectivity index (χ3n) is 3.10. The summed E-state index contributed by atoms with van der Waals surface area (Å²) in [7, 11) is 1.53. The van der Waals surface area contributed by atoms with Crippen LogP contribution in [0, 0.1) is 12.7 Å². The molecule has 1 aromatic carbocycles. The van der Waals surface area contributed by atoms with E-state index in [0.29, 0.717) is 29.2 Å². The topological polar surface area (TPSA) is 47.0 Å². The van der Waals surface area contributed by atoms with Crippen LogP contribution in [-0.4, -0.2) is 23.6 Å². The first kappa shape index (κ1) is 14.4. The van der Waals surface area contributed by atoms with Gasteiger partial charge < -0.3 is 10.1 Å². The SMILES string of the molecule is CCNC(c1cccc(C)c1F)c1nccnc1OC. The van der Waals surface area contributed by atoms with Gasteiger partial charge in [-0.1, -0.05) is 25.1 Å². The second-order valence-electron chi connectivity index (χ2n) is 4.42. The van der Waals surface area contributed by atoms with Gasteiger partial charge in [0.05, 0.1) is 13.2 Å². The summed E-state index contributed by atoms with van der Waals surface area (Å²) < 4.78 is 19.6. The summed E-state index contributed by atoms with van der Waals surface area (Å²) in [6.07, 6.45) is 3.13. The first-order valence-electron chi connectivity index (χ1n) is 6.52. The van der Waals surface area contributed by atoms with Gasteiger partial charge in [0, 0.05) is 18.0 Å². The van der Waals surface area contributed by atoms with Crippen LogP contribution in [-0.2, 0) is 0 Å². The van der Waals surface area contributed by atoms with Gasteiger partial charge in [-0.15, -0.1) is 0 Å². The van der Waals surface area contributed by atoms with E-state index in [2.05, 4.69) is 15.3 Å². The number of aryl methyl sites for hydroxylation is 1. The van der Waals surface area contributed by atoms with Crippen molar-refractivity contribution < 1.29 is 9.13 Å². The van der Waals surface area contributed by atoms with Crippen LogP contribution >= 0.6 is 0 Å². The van der Waals surface area contributed by atoms with Crippen LogP contribution in [0.25, 0.3) is 0 Å². The maximum Gasteiger partial charge on any atom is 0.237 e. The number of benzene rings is 1. The largest absolute Gasteiger partial charge is 0.480 e. The molecule has 1 heterocycles. The summed E-state index contributed by atoms with van der Waals surface area (Å²) in [6, 6.07) is 4.95. The van der Waals surface area contributed by atoms with Gasteiger partial charge >= 0.3 is 0 Å². The summed E-state index contributed by atoms with van der Waals surface area (Å²) in [5.41, 5.74) is 1.74. The molecule has 0 bridgehead atoms. The van der Waals surface area contributed by atoms with Gasteiger partial charge in [0.25, 0.3) is 0 Å². The zero-order valence-electron chi connectivity index (χ0n) is 11.9. The second kappa shape index (κ2) is 6.43. The Morgan fingerprint density at radius 3 is 2.75 bits per heavy atom. The van der Waals surface area contributed by atoms with E-state index >= 15 is 0 Å². The molecule has 2 aromatic rings. The van der Waals surface area contributed by atoms with Crippen molar-refractivity contribution in [3.63, 3.8) is 0 Å². The molecule has 0 aliphatic rings. The molecule has 20 heavy (non-hydrogen) atoms. The molecular formula is C15H18FN3O. The summed E-state index contributed by atoms with van der Waals surface area (Å²) in [4.78, 5) is 8.43. The Balaban J connectivity index is 2.53. The monoisotopic (exact) mass is 275 g/mol.